The summed E-state index contributed by atoms with van der Waals surface area (Å²) in [4.78, 5) is 13.9. The summed E-state index contributed by atoms with van der Waals surface area (Å²) in [6.07, 6.45) is 5.00. The lowest BCUT2D eigenvalue weighted by Gasteiger charge is -2.34. The average Bonchev–Trinajstić information content (AvgIpc) is 2.93. The van der Waals surface area contributed by atoms with E-state index in [0.717, 1.165) is 25.4 Å². The van der Waals surface area contributed by atoms with Gasteiger partial charge in [-0.15, -0.1) is 0 Å². The van der Waals surface area contributed by atoms with Crippen molar-refractivity contribution in [2.45, 2.75) is 45.6 Å². The second-order valence-corrected chi connectivity index (χ2v) is 5.14. The van der Waals surface area contributed by atoms with Gasteiger partial charge in [0.05, 0.1) is 0 Å². The van der Waals surface area contributed by atoms with Gasteiger partial charge in [0.2, 0.25) is 0 Å². The van der Waals surface area contributed by atoms with Gasteiger partial charge in [-0.05, 0) is 19.3 Å². The van der Waals surface area contributed by atoms with Crippen LogP contribution >= 0.6 is 0 Å². The number of carbonyl (C=O) groups excluding carboxylic acids is 1. The molecule has 2 aliphatic rings. The number of ketones is 1. The van der Waals surface area contributed by atoms with Crippen LogP contribution in [0.5, 0.6) is 0 Å². The minimum atomic E-state index is 0.269. The zero-order valence-corrected chi connectivity index (χ0v) is 9.33. The molecule has 2 atom stereocenters. The molecule has 2 unspecified atom stereocenters. The van der Waals surface area contributed by atoms with Crippen LogP contribution < -0.4 is 0 Å². The third kappa shape index (κ3) is 2.35. The molecule has 2 heteroatoms. The molecule has 2 rings (SSSR count). The lowest BCUT2D eigenvalue weighted by Crippen LogP contribution is -2.44. The van der Waals surface area contributed by atoms with E-state index in [4.69, 9.17) is 0 Å². The zero-order chi connectivity index (χ0) is 10.1. The Hall–Kier alpha value is -0.370. The van der Waals surface area contributed by atoms with Crippen molar-refractivity contribution in [1.82, 2.24) is 4.90 Å². The summed E-state index contributed by atoms with van der Waals surface area (Å²) in [7, 11) is 0. The van der Waals surface area contributed by atoms with Crippen molar-refractivity contribution in [3.05, 3.63) is 0 Å². The van der Waals surface area contributed by atoms with Crippen molar-refractivity contribution in [2.24, 2.45) is 11.8 Å². The molecule has 0 aromatic heterocycles. The molecule has 0 spiro atoms. The molecule has 1 saturated carbocycles. The highest BCUT2D eigenvalue weighted by atomic mass is 16.1. The van der Waals surface area contributed by atoms with Crippen LogP contribution in [0.3, 0.4) is 0 Å². The number of nitrogens with zero attached hydrogens (tertiary/aromatic N) is 1. The Morgan fingerprint density at radius 3 is 2.79 bits per heavy atom. The molecule has 0 radical (unpaired) electrons. The molecule has 2 fully saturated rings. The van der Waals surface area contributed by atoms with Gasteiger partial charge in [0, 0.05) is 31.5 Å². The molecule has 0 aromatic rings. The summed E-state index contributed by atoms with van der Waals surface area (Å²) in [6.45, 7) is 6.38. The maximum atomic E-state index is 11.4. The summed E-state index contributed by atoms with van der Waals surface area (Å²) in [6, 6.07) is 0.693. The molecule has 0 bridgehead atoms. The van der Waals surface area contributed by atoms with Gasteiger partial charge in [0.15, 0.2) is 0 Å². The van der Waals surface area contributed by atoms with Gasteiger partial charge in [-0.3, -0.25) is 9.69 Å². The number of rotatable bonds is 3. The van der Waals surface area contributed by atoms with Crippen LogP contribution in [0.4, 0.5) is 0 Å². The van der Waals surface area contributed by atoms with Crippen LogP contribution in [0, 0.1) is 11.8 Å². The van der Waals surface area contributed by atoms with E-state index in [-0.39, 0.29) is 5.92 Å². The van der Waals surface area contributed by atoms with Crippen LogP contribution in [-0.2, 0) is 4.79 Å². The van der Waals surface area contributed by atoms with Crippen molar-refractivity contribution in [3.8, 4) is 0 Å². The highest BCUT2D eigenvalue weighted by Crippen LogP contribution is 2.35. The zero-order valence-electron chi connectivity index (χ0n) is 9.33. The van der Waals surface area contributed by atoms with Crippen molar-refractivity contribution in [3.63, 3.8) is 0 Å². The average molecular weight is 195 g/mol. The number of piperidine rings is 1. The lowest BCUT2D eigenvalue weighted by molar-refractivity contribution is -0.126. The molecule has 2 nitrogen and oxygen atoms in total. The highest BCUT2D eigenvalue weighted by Gasteiger charge is 2.30. The summed E-state index contributed by atoms with van der Waals surface area (Å²) in [5.41, 5.74) is 0. The Kier molecular flexibility index (Phi) is 2.91. The first-order valence-electron chi connectivity index (χ1n) is 5.93. The van der Waals surface area contributed by atoms with Gasteiger partial charge < -0.3 is 0 Å². The second kappa shape index (κ2) is 4.01. The third-order valence-corrected chi connectivity index (χ3v) is 3.70. The molecule has 1 heterocycles. The molecule has 1 saturated heterocycles. The highest BCUT2D eigenvalue weighted by molar-refractivity contribution is 5.81. The maximum absolute atomic E-state index is 11.4. The summed E-state index contributed by atoms with van der Waals surface area (Å²) in [5.74, 6) is 1.73. The molecular formula is C12H21NO. The van der Waals surface area contributed by atoms with Crippen LogP contribution in [0.2, 0.25) is 0 Å². The van der Waals surface area contributed by atoms with E-state index < -0.39 is 0 Å². The first-order chi connectivity index (χ1) is 6.66. The minimum absolute atomic E-state index is 0.269. The maximum Gasteiger partial charge on any atom is 0.138 e. The van der Waals surface area contributed by atoms with Gasteiger partial charge in [0.1, 0.15) is 5.78 Å². The quantitative estimate of drug-likeness (QED) is 0.687. The van der Waals surface area contributed by atoms with E-state index in [0.29, 0.717) is 11.8 Å². The Labute approximate surface area is 86.7 Å². The monoisotopic (exact) mass is 195 g/mol. The first-order valence-corrected chi connectivity index (χ1v) is 5.93. The normalized spacial score (nSPS) is 31.9. The minimum Gasteiger partial charge on any atom is -0.300 e. The number of hydrogen-bond acceptors (Lipinski definition) is 2. The first kappa shape index (κ1) is 10.2. The fourth-order valence-electron chi connectivity index (χ4n) is 2.43. The summed E-state index contributed by atoms with van der Waals surface area (Å²) in [5, 5.41) is 0. The van der Waals surface area contributed by atoms with Crippen LogP contribution in [0.1, 0.15) is 39.5 Å². The molecule has 14 heavy (non-hydrogen) atoms. The molecule has 1 aliphatic carbocycles. The molecular weight excluding hydrogens is 174 g/mol. The van der Waals surface area contributed by atoms with E-state index >= 15 is 0 Å². The third-order valence-electron chi connectivity index (χ3n) is 3.70. The van der Waals surface area contributed by atoms with Crippen molar-refractivity contribution in [2.75, 3.05) is 13.1 Å². The van der Waals surface area contributed by atoms with Crippen LogP contribution in [0.15, 0.2) is 0 Å². The molecule has 0 N–H and O–H groups in total. The van der Waals surface area contributed by atoms with E-state index in [2.05, 4.69) is 18.7 Å². The molecule has 0 aromatic carbocycles. The fourth-order valence-corrected chi connectivity index (χ4v) is 2.43. The summed E-state index contributed by atoms with van der Waals surface area (Å²) < 4.78 is 0. The number of hydrogen-bond donors (Lipinski definition) is 0. The SMILES string of the molecule is CC1CN(C(C)CC2CC2)CCC1=O. The predicted octanol–water partition coefficient (Wildman–Crippen LogP) is 2.09. The molecule has 80 valence electrons. The van der Waals surface area contributed by atoms with Crippen LogP contribution in [0.25, 0.3) is 0 Å². The predicted molar refractivity (Wildman–Crippen MR) is 57.2 cm³/mol. The fraction of sp³-hybridized carbons (Fsp3) is 0.917. The topological polar surface area (TPSA) is 20.3 Å². The summed E-state index contributed by atoms with van der Waals surface area (Å²) >= 11 is 0. The van der Waals surface area contributed by atoms with E-state index in [1.807, 2.05) is 0 Å². The molecule has 0 amide bonds. The van der Waals surface area contributed by atoms with Crippen molar-refractivity contribution in [1.29, 1.82) is 0 Å². The van der Waals surface area contributed by atoms with Gasteiger partial charge >= 0.3 is 0 Å². The standard InChI is InChI=1S/C12H21NO/c1-9-8-13(6-5-12(9)14)10(2)7-11-3-4-11/h9-11H,3-8H2,1-2H3. The number of Topliss-reactive ketones (excluding diaryl/α,β-unsaturated/α-hetero) is 1. The van der Waals surface area contributed by atoms with Gasteiger partial charge in [0.25, 0.3) is 0 Å². The van der Waals surface area contributed by atoms with E-state index in [1.54, 1.807) is 0 Å². The smallest absolute Gasteiger partial charge is 0.138 e. The van der Waals surface area contributed by atoms with E-state index in [9.17, 15) is 4.79 Å². The van der Waals surface area contributed by atoms with Crippen molar-refractivity contribution < 1.29 is 4.79 Å². The largest absolute Gasteiger partial charge is 0.300 e. The number of likely N-dealkylation sites (tertiary alicyclic amines) is 1. The number of carbonyl (C=O) groups is 1. The van der Waals surface area contributed by atoms with Crippen LogP contribution in [-0.4, -0.2) is 29.8 Å². The van der Waals surface area contributed by atoms with Gasteiger partial charge in [-0.2, -0.15) is 0 Å². The Morgan fingerprint density at radius 2 is 2.21 bits per heavy atom. The molecule has 1 aliphatic heterocycles. The van der Waals surface area contributed by atoms with E-state index in [1.165, 1.54) is 19.3 Å². The Morgan fingerprint density at radius 1 is 1.50 bits per heavy atom. The van der Waals surface area contributed by atoms with Gasteiger partial charge in [-0.1, -0.05) is 19.8 Å². The second-order valence-electron chi connectivity index (χ2n) is 5.14. The van der Waals surface area contributed by atoms with Gasteiger partial charge in [-0.25, -0.2) is 0 Å². The lowest BCUT2D eigenvalue weighted by atomic mass is 9.96. The van der Waals surface area contributed by atoms with Crippen molar-refractivity contribution >= 4 is 5.78 Å². The Bertz CT molecular complexity index is 222. The Balaban J connectivity index is 1.81.